The molecule has 2 saturated heterocycles. The van der Waals surface area contributed by atoms with Gasteiger partial charge in [-0.2, -0.15) is 4.31 Å². The van der Waals surface area contributed by atoms with E-state index in [0.717, 1.165) is 45.4 Å². The first-order chi connectivity index (χ1) is 12.5. The first-order valence-electron chi connectivity index (χ1n) is 9.40. The molecular weight excluding hydrogens is 388 g/mol. The summed E-state index contributed by atoms with van der Waals surface area (Å²) in [5.41, 5.74) is 0.413. The van der Waals surface area contributed by atoms with Crippen LogP contribution in [0.15, 0.2) is 29.2 Å². The fourth-order valence-electron chi connectivity index (χ4n) is 3.72. The maximum absolute atomic E-state index is 13.0. The molecular formula is C18H27ClN4O3S. The summed E-state index contributed by atoms with van der Waals surface area (Å²) in [7, 11) is -3.57. The van der Waals surface area contributed by atoms with Gasteiger partial charge in [-0.1, -0.05) is 6.07 Å². The monoisotopic (exact) mass is 414 g/mol. The van der Waals surface area contributed by atoms with Crippen molar-refractivity contribution in [1.29, 1.82) is 0 Å². The number of amides is 1. The van der Waals surface area contributed by atoms with E-state index < -0.39 is 10.0 Å². The molecule has 1 aromatic carbocycles. The zero-order valence-corrected chi connectivity index (χ0v) is 16.9. The van der Waals surface area contributed by atoms with E-state index in [1.54, 1.807) is 22.5 Å². The number of benzene rings is 1. The number of halogens is 1. The second-order valence-electron chi connectivity index (χ2n) is 7.37. The van der Waals surface area contributed by atoms with Gasteiger partial charge in [0.15, 0.2) is 0 Å². The third-order valence-corrected chi connectivity index (χ3v) is 7.30. The van der Waals surface area contributed by atoms with Gasteiger partial charge in [0.1, 0.15) is 0 Å². The minimum Gasteiger partial charge on any atom is -0.349 e. The Bertz CT molecular complexity index is 779. The van der Waals surface area contributed by atoms with Gasteiger partial charge in [0, 0.05) is 56.9 Å². The van der Waals surface area contributed by atoms with E-state index >= 15 is 0 Å². The van der Waals surface area contributed by atoms with Crippen LogP contribution in [0.3, 0.4) is 0 Å². The summed E-state index contributed by atoms with van der Waals surface area (Å²) in [5.74, 6) is -0.190. The Morgan fingerprint density at radius 3 is 2.56 bits per heavy atom. The van der Waals surface area contributed by atoms with Gasteiger partial charge in [-0.25, -0.2) is 8.42 Å². The van der Waals surface area contributed by atoms with Gasteiger partial charge in [0.2, 0.25) is 10.0 Å². The summed E-state index contributed by atoms with van der Waals surface area (Å²) < 4.78 is 27.6. The van der Waals surface area contributed by atoms with Gasteiger partial charge >= 0.3 is 0 Å². The number of carbonyl (C=O) groups excluding carboxylic acids is 1. The van der Waals surface area contributed by atoms with Crippen molar-refractivity contribution in [2.75, 3.05) is 39.3 Å². The van der Waals surface area contributed by atoms with Crippen molar-refractivity contribution >= 4 is 28.3 Å². The summed E-state index contributed by atoms with van der Waals surface area (Å²) in [6.07, 6.45) is 2.87. The first-order valence-corrected chi connectivity index (χ1v) is 10.8. The molecule has 2 N–H and O–H groups in total. The van der Waals surface area contributed by atoms with E-state index in [1.165, 1.54) is 6.07 Å². The van der Waals surface area contributed by atoms with Gasteiger partial charge in [-0.05, 0) is 37.5 Å². The topological polar surface area (TPSA) is 81.8 Å². The van der Waals surface area contributed by atoms with Gasteiger partial charge in [0.05, 0.1) is 4.90 Å². The molecule has 4 rings (SSSR count). The molecule has 3 aliphatic rings. The fourth-order valence-corrected chi connectivity index (χ4v) is 5.26. The van der Waals surface area contributed by atoms with Crippen molar-refractivity contribution < 1.29 is 13.2 Å². The molecule has 7 nitrogen and oxygen atoms in total. The third kappa shape index (κ3) is 4.63. The van der Waals surface area contributed by atoms with Crippen LogP contribution in [0.25, 0.3) is 0 Å². The van der Waals surface area contributed by atoms with Crippen LogP contribution in [0.5, 0.6) is 0 Å². The Morgan fingerprint density at radius 1 is 1.11 bits per heavy atom. The molecule has 0 radical (unpaired) electrons. The second kappa shape index (κ2) is 8.45. The third-order valence-electron chi connectivity index (χ3n) is 5.44. The number of nitrogens with one attached hydrogen (secondary N) is 2. The average Bonchev–Trinajstić information content (AvgIpc) is 3.33. The SMILES string of the molecule is Cl.O=C(NC1CC1)c1cccc(S(=O)(=O)N2CCC(N3CCNCC3)C2)c1. The highest BCUT2D eigenvalue weighted by molar-refractivity contribution is 7.89. The molecule has 150 valence electrons. The van der Waals surface area contributed by atoms with Crippen molar-refractivity contribution in [3.05, 3.63) is 29.8 Å². The minimum atomic E-state index is -3.57. The highest BCUT2D eigenvalue weighted by Crippen LogP contribution is 2.25. The molecule has 1 aliphatic carbocycles. The van der Waals surface area contributed by atoms with Gasteiger partial charge in [-0.3, -0.25) is 9.69 Å². The molecule has 1 saturated carbocycles. The van der Waals surface area contributed by atoms with Gasteiger partial charge < -0.3 is 10.6 Å². The standard InChI is InChI=1S/C18H26N4O3S.ClH/c23-18(20-15-4-5-15)14-2-1-3-17(12-14)26(24,25)22-9-6-16(13-22)21-10-7-19-8-11-21;/h1-3,12,15-16,19H,4-11,13H2,(H,20,23);1H. The van der Waals surface area contributed by atoms with Crippen LogP contribution < -0.4 is 10.6 Å². The molecule has 1 aromatic rings. The predicted octanol–water partition coefficient (Wildman–Crippen LogP) is 0.669. The molecule has 1 unspecified atom stereocenters. The molecule has 0 aromatic heterocycles. The summed E-state index contributed by atoms with van der Waals surface area (Å²) in [5, 5.41) is 6.24. The van der Waals surface area contributed by atoms with Crippen molar-refractivity contribution in [1.82, 2.24) is 19.8 Å². The van der Waals surface area contributed by atoms with Crippen molar-refractivity contribution in [3.63, 3.8) is 0 Å². The maximum atomic E-state index is 13.0. The van der Waals surface area contributed by atoms with Crippen LogP contribution in [0.1, 0.15) is 29.6 Å². The van der Waals surface area contributed by atoms with Crippen LogP contribution in [0.4, 0.5) is 0 Å². The zero-order valence-electron chi connectivity index (χ0n) is 15.3. The number of sulfonamides is 1. The molecule has 2 heterocycles. The average molecular weight is 415 g/mol. The number of piperazine rings is 1. The lowest BCUT2D eigenvalue weighted by atomic mass is 10.2. The highest BCUT2D eigenvalue weighted by Gasteiger charge is 2.35. The van der Waals surface area contributed by atoms with Crippen molar-refractivity contribution in [2.45, 2.75) is 36.2 Å². The molecule has 9 heteroatoms. The highest BCUT2D eigenvalue weighted by atomic mass is 35.5. The summed E-state index contributed by atoms with van der Waals surface area (Å²) >= 11 is 0. The van der Waals surface area contributed by atoms with Crippen LogP contribution in [-0.4, -0.2) is 74.9 Å². The summed E-state index contributed by atoms with van der Waals surface area (Å²) in [6.45, 7) is 4.92. The Labute approximate surface area is 166 Å². The van der Waals surface area contributed by atoms with E-state index in [9.17, 15) is 13.2 Å². The first kappa shape index (κ1) is 20.5. The smallest absolute Gasteiger partial charge is 0.251 e. The van der Waals surface area contributed by atoms with Crippen molar-refractivity contribution in [2.24, 2.45) is 0 Å². The maximum Gasteiger partial charge on any atom is 0.251 e. The second-order valence-corrected chi connectivity index (χ2v) is 9.31. The Morgan fingerprint density at radius 2 is 1.85 bits per heavy atom. The Hall–Kier alpha value is -1.19. The molecule has 27 heavy (non-hydrogen) atoms. The van der Waals surface area contributed by atoms with E-state index in [2.05, 4.69) is 15.5 Å². The van der Waals surface area contributed by atoms with Crippen LogP contribution >= 0.6 is 12.4 Å². The lowest BCUT2D eigenvalue weighted by Crippen LogP contribution is -2.49. The molecule has 1 amide bonds. The zero-order chi connectivity index (χ0) is 18.1. The number of hydrogen-bond acceptors (Lipinski definition) is 5. The predicted molar refractivity (Wildman–Crippen MR) is 106 cm³/mol. The van der Waals surface area contributed by atoms with Crippen LogP contribution in [0, 0.1) is 0 Å². The van der Waals surface area contributed by atoms with E-state index in [0.29, 0.717) is 18.7 Å². The number of rotatable bonds is 5. The molecule has 0 spiro atoms. The molecule has 0 bridgehead atoms. The number of hydrogen-bond donors (Lipinski definition) is 2. The van der Waals surface area contributed by atoms with E-state index in [1.807, 2.05) is 0 Å². The van der Waals surface area contributed by atoms with Gasteiger partial charge in [0.25, 0.3) is 5.91 Å². The minimum absolute atomic E-state index is 0. The lowest BCUT2D eigenvalue weighted by Gasteiger charge is -2.32. The normalized spacial score (nSPS) is 24.4. The molecule has 3 fully saturated rings. The van der Waals surface area contributed by atoms with Crippen molar-refractivity contribution in [3.8, 4) is 0 Å². The quantitative estimate of drug-likeness (QED) is 0.740. The van der Waals surface area contributed by atoms with Gasteiger partial charge in [-0.15, -0.1) is 12.4 Å². The Balaban J connectivity index is 0.00000210. The van der Waals surface area contributed by atoms with E-state index in [4.69, 9.17) is 0 Å². The molecule has 2 aliphatic heterocycles. The summed E-state index contributed by atoms with van der Waals surface area (Å²) in [6, 6.07) is 6.95. The van der Waals surface area contributed by atoms with Crippen LogP contribution in [0.2, 0.25) is 0 Å². The van der Waals surface area contributed by atoms with Crippen LogP contribution in [-0.2, 0) is 10.0 Å². The largest absolute Gasteiger partial charge is 0.349 e. The Kier molecular flexibility index (Phi) is 6.43. The summed E-state index contributed by atoms with van der Waals surface area (Å²) in [4.78, 5) is 14.8. The number of nitrogens with zero attached hydrogens (tertiary/aromatic N) is 2. The van der Waals surface area contributed by atoms with E-state index in [-0.39, 0.29) is 35.3 Å². The lowest BCUT2D eigenvalue weighted by molar-refractivity contribution is 0.0951. The fraction of sp³-hybridized carbons (Fsp3) is 0.611. The molecule has 1 atom stereocenters. The number of carbonyl (C=O) groups is 1.